The Morgan fingerprint density at radius 3 is 2.50 bits per heavy atom. The molecule has 10 nitrogen and oxygen atoms in total. The maximum absolute atomic E-state index is 13.5. The van der Waals surface area contributed by atoms with Crippen molar-refractivity contribution in [3.8, 4) is 0 Å². The number of nitrogens with one attached hydrogen (secondary N) is 3. The number of cyclic esters (lactones) is 1. The molecule has 10 heteroatoms. The van der Waals surface area contributed by atoms with Gasteiger partial charge in [-0.2, -0.15) is 0 Å². The van der Waals surface area contributed by atoms with Gasteiger partial charge in [0, 0.05) is 11.9 Å². The maximum Gasteiger partial charge on any atom is 0.325 e. The predicted octanol–water partition coefficient (Wildman–Crippen LogP) is 3.42. The second-order valence-electron chi connectivity index (χ2n) is 12.2. The Hall–Kier alpha value is -3.79. The number of nitrogens with zero attached hydrogens (tertiary/aromatic N) is 2. The molecule has 2 aliphatic heterocycles. The molecule has 2 aromatic rings. The number of esters is 1. The van der Waals surface area contributed by atoms with Crippen LogP contribution in [-0.2, 0) is 23.9 Å². The van der Waals surface area contributed by atoms with Crippen molar-refractivity contribution in [3.63, 3.8) is 0 Å². The fourth-order valence-corrected chi connectivity index (χ4v) is 5.52. The number of carbonyl (C=O) groups is 4. The minimum atomic E-state index is -0.865. The summed E-state index contributed by atoms with van der Waals surface area (Å²) in [6, 6.07) is 7.34. The number of ether oxygens (including phenoxy) is 1. The number of fused-ring (bicyclic) bond motifs is 4. The van der Waals surface area contributed by atoms with Gasteiger partial charge >= 0.3 is 5.97 Å². The molecule has 1 saturated heterocycles. The van der Waals surface area contributed by atoms with Crippen molar-refractivity contribution >= 4 is 40.7 Å². The van der Waals surface area contributed by atoms with Crippen LogP contribution in [0.1, 0.15) is 77.2 Å². The highest BCUT2D eigenvalue weighted by molar-refractivity contribution is 5.93. The van der Waals surface area contributed by atoms with Gasteiger partial charge in [-0.1, -0.05) is 57.0 Å². The van der Waals surface area contributed by atoms with Crippen molar-refractivity contribution in [1.82, 2.24) is 26.1 Å². The number of amides is 3. The molecule has 224 valence electrons. The minimum Gasteiger partial charge on any atom is -0.455 e. The maximum atomic E-state index is 13.5. The number of pyridine rings is 1. The molecule has 2 fully saturated rings. The lowest BCUT2D eigenvalue weighted by Gasteiger charge is -2.35. The van der Waals surface area contributed by atoms with Gasteiger partial charge in [-0.3, -0.25) is 24.2 Å². The van der Waals surface area contributed by atoms with E-state index in [0.717, 1.165) is 29.3 Å². The molecule has 5 bridgehead atoms. The first-order valence-corrected chi connectivity index (χ1v) is 15.1. The third-order valence-electron chi connectivity index (χ3n) is 8.30. The van der Waals surface area contributed by atoms with Crippen molar-refractivity contribution in [3.05, 3.63) is 47.7 Å². The first kappa shape index (κ1) is 29.7. The highest BCUT2D eigenvalue weighted by Crippen LogP contribution is 2.36. The summed E-state index contributed by atoms with van der Waals surface area (Å²) < 4.78 is 5.78. The van der Waals surface area contributed by atoms with E-state index in [-0.39, 0.29) is 17.7 Å². The van der Waals surface area contributed by atoms with Crippen LogP contribution in [-0.4, -0.2) is 58.4 Å². The number of rotatable bonds is 3. The zero-order chi connectivity index (χ0) is 30.0. The SMILES string of the molecule is CC1NC(=O)C(C(C)C)NC(=O)C(CC2CC2)C=Cc2ccc3ccc(nc3c2)C(C)OC(=O)C2CCCN(N2)C1=O. The monoisotopic (exact) mass is 575 g/mol. The molecule has 1 aromatic carbocycles. The zero-order valence-corrected chi connectivity index (χ0v) is 24.8. The number of carbonyl (C=O) groups excluding carboxylic acids is 4. The van der Waals surface area contributed by atoms with Crippen LogP contribution in [0.2, 0.25) is 0 Å². The van der Waals surface area contributed by atoms with Crippen molar-refractivity contribution in [1.29, 1.82) is 0 Å². The fraction of sp³-hybridized carbons (Fsp3) is 0.531. The Labute approximate surface area is 246 Å². The third kappa shape index (κ3) is 6.98. The van der Waals surface area contributed by atoms with Crippen LogP contribution in [0.15, 0.2) is 36.4 Å². The average molecular weight is 576 g/mol. The van der Waals surface area contributed by atoms with Gasteiger partial charge in [0.15, 0.2) is 0 Å². The van der Waals surface area contributed by atoms with Crippen molar-refractivity contribution < 1.29 is 23.9 Å². The van der Waals surface area contributed by atoms with Gasteiger partial charge in [0.2, 0.25) is 11.8 Å². The Kier molecular flexibility index (Phi) is 8.91. The molecular weight excluding hydrogens is 534 g/mol. The summed E-state index contributed by atoms with van der Waals surface area (Å²) in [6.07, 6.45) is 7.27. The molecule has 5 unspecified atom stereocenters. The molecule has 3 N–H and O–H groups in total. The molecule has 42 heavy (non-hydrogen) atoms. The van der Waals surface area contributed by atoms with Crippen LogP contribution < -0.4 is 16.1 Å². The lowest BCUT2D eigenvalue weighted by Crippen LogP contribution is -2.61. The number of hydrogen-bond acceptors (Lipinski definition) is 7. The summed E-state index contributed by atoms with van der Waals surface area (Å²) in [7, 11) is 0. The van der Waals surface area contributed by atoms with Gasteiger partial charge in [-0.25, -0.2) is 10.4 Å². The lowest BCUT2D eigenvalue weighted by molar-refractivity contribution is -0.157. The van der Waals surface area contributed by atoms with Crippen molar-refractivity contribution in [2.75, 3.05) is 6.54 Å². The van der Waals surface area contributed by atoms with Gasteiger partial charge in [-0.15, -0.1) is 0 Å². The Morgan fingerprint density at radius 1 is 1.00 bits per heavy atom. The molecule has 1 aromatic heterocycles. The van der Waals surface area contributed by atoms with E-state index in [2.05, 4.69) is 16.1 Å². The highest BCUT2D eigenvalue weighted by Gasteiger charge is 2.35. The first-order chi connectivity index (χ1) is 20.1. The second-order valence-corrected chi connectivity index (χ2v) is 12.2. The van der Waals surface area contributed by atoms with Crippen LogP contribution >= 0.6 is 0 Å². The molecule has 0 radical (unpaired) electrons. The van der Waals surface area contributed by atoms with Gasteiger partial charge in [0.05, 0.1) is 17.1 Å². The van der Waals surface area contributed by atoms with Crippen LogP contribution in [0.4, 0.5) is 0 Å². The van der Waals surface area contributed by atoms with E-state index in [1.165, 1.54) is 5.01 Å². The van der Waals surface area contributed by atoms with E-state index in [4.69, 9.17) is 9.72 Å². The summed E-state index contributed by atoms with van der Waals surface area (Å²) >= 11 is 0. The van der Waals surface area contributed by atoms with Crippen LogP contribution in [0.25, 0.3) is 17.0 Å². The average Bonchev–Trinajstić information content (AvgIpc) is 3.80. The third-order valence-corrected chi connectivity index (χ3v) is 8.30. The van der Waals surface area contributed by atoms with Crippen LogP contribution in [0.3, 0.4) is 0 Å². The van der Waals surface area contributed by atoms with Crippen molar-refractivity contribution in [2.45, 2.75) is 84.0 Å². The van der Waals surface area contributed by atoms with Gasteiger partial charge < -0.3 is 15.4 Å². The van der Waals surface area contributed by atoms with E-state index < -0.39 is 42.0 Å². The highest BCUT2D eigenvalue weighted by atomic mass is 16.5. The van der Waals surface area contributed by atoms with Crippen molar-refractivity contribution in [2.24, 2.45) is 17.8 Å². The Morgan fingerprint density at radius 2 is 1.76 bits per heavy atom. The molecule has 0 spiro atoms. The zero-order valence-electron chi connectivity index (χ0n) is 24.8. The van der Waals surface area contributed by atoms with E-state index in [1.807, 2.05) is 56.3 Å². The Balaban J connectivity index is 1.48. The Bertz CT molecular complexity index is 1390. The molecule has 5 atom stereocenters. The number of hydrazine groups is 1. The molecule has 3 amide bonds. The molecule has 3 aliphatic rings. The molecule has 1 saturated carbocycles. The van der Waals surface area contributed by atoms with Gasteiger partial charge in [0.1, 0.15) is 24.2 Å². The number of benzene rings is 1. The quantitative estimate of drug-likeness (QED) is 0.478. The minimum absolute atomic E-state index is 0.196. The molecule has 1 aliphatic carbocycles. The topological polar surface area (TPSA) is 130 Å². The summed E-state index contributed by atoms with van der Waals surface area (Å²) in [4.78, 5) is 58.0. The van der Waals surface area contributed by atoms with E-state index >= 15 is 0 Å². The summed E-state index contributed by atoms with van der Waals surface area (Å²) in [5.74, 6) is -1.56. The largest absolute Gasteiger partial charge is 0.455 e. The summed E-state index contributed by atoms with van der Waals surface area (Å²) in [5.41, 5.74) is 5.26. The predicted molar refractivity (Wildman–Crippen MR) is 158 cm³/mol. The summed E-state index contributed by atoms with van der Waals surface area (Å²) in [5, 5.41) is 8.07. The van der Waals surface area contributed by atoms with E-state index in [9.17, 15) is 19.2 Å². The van der Waals surface area contributed by atoms with Gasteiger partial charge in [0.25, 0.3) is 5.91 Å². The van der Waals surface area contributed by atoms with E-state index in [1.54, 1.807) is 13.8 Å². The normalized spacial score (nSPS) is 28.0. The standard InChI is InChI=1S/C32H41N5O5/c1-18(2)28-30(39)33-19(3)31(40)37-15-5-6-26(36-37)32(41)42-20(4)25-14-13-23-11-9-22(17-27(23)34-25)10-12-24(29(38)35-28)16-21-7-8-21/h9-14,17-21,24,26,28,36H,5-8,15-16H2,1-4H3,(H,33,39)(H,35,38). The van der Waals surface area contributed by atoms with Crippen LogP contribution in [0, 0.1) is 17.8 Å². The second kappa shape index (κ2) is 12.6. The molecule has 5 rings (SSSR count). The molecular formula is C32H41N5O5. The smallest absolute Gasteiger partial charge is 0.325 e. The summed E-state index contributed by atoms with van der Waals surface area (Å²) in [6.45, 7) is 7.51. The van der Waals surface area contributed by atoms with Gasteiger partial charge in [-0.05, 0) is 62.6 Å². The fourth-order valence-electron chi connectivity index (χ4n) is 5.52. The number of aromatic nitrogens is 1. The van der Waals surface area contributed by atoms with Crippen LogP contribution in [0.5, 0.6) is 0 Å². The molecule has 3 heterocycles. The first-order valence-electron chi connectivity index (χ1n) is 15.1. The lowest BCUT2D eigenvalue weighted by atomic mass is 9.96. The number of hydrogen-bond donors (Lipinski definition) is 3. The van der Waals surface area contributed by atoms with E-state index in [0.29, 0.717) is 37.4 Å².